The summed E-state index contributed by atoms with van der Waals surface area (Å²) in [5.41, 5.74) is 2.98. The van der Waals surface area contributed by atoms with E-state index >= 15 is 0 Å². The number of esters is 1. The standard InChI is InChI=1S/C12H18N2O2/c1-12(2,8-14-13)9-16-11(15)10-6-4-3-5-7-10/h3-7,14H,8-9,13H2,1-2H3. The SMILES string of the molecule is CC(C)(CNN)COC(=O)c1ccccc1. The second-order valence-electron chi connectivity index (χ2n) is 4.49. The number of carbonyl (C=O) groups excluding carboxylic acids is 1. The molecule has 1 rings (SSSR count). The zero-order chi connectivity index (χ0) is 12.0. The van der Waals surface area contributed by atoms with Crippen LogP contribution in [0.15, 0.2) is 30.3 Å². The van der Waals surface area contributed by atoms with E-state index in [1.807, 2.05) is 32.0 Å². The molecule has 0 aromatic heterocycles. The molecule has 0 aliphatic rings. The van der Waals surface area contributed by atoms with E-state index in [9.17, 15) is 4.79 Å². The summed E-state index contributed by atoms with van der Waals surface area (Å²) in [6.07, 6.45) is 0. The Morgan fingerprint density at radius 3 is 2.56 bits per heavy atom. The number of rotatable bonds is 5. The molecule has 4 heteroatoms. The highest BCUT2D eigenvalue weighted by atomic mass is 16.5. The summed E-state index contributed by atoms with van der Waals surface area (Å²) in [5, 5.41) is 0. The Morgan fingerprint density at radius 2 is 2.00 bits per heavy atom. The third-order valence-electron chi connectivity index (χ3n) is 2.18. The summed E-state index contributed by atoms with van der Waals surface area (Å²) < 4.78 is 5.21. The smallest absolute Gasteiger partial charge is 0.338 e. The van der Waals surface area contributed by atoms with Crippen LogP contribution in [0.2, 0.25) is 0 Å². The van der Waals surface area contributed by atoms with Crippen molar-refractivity contribution in [2.45, 2.75) is 13.8 Å². The average Bonchev–Trinajstić information content (AvgIpc) is 2.27. The van der Waals surface area contributed by atoms with Crippen molar-refractivity contribution in [3.63, 3.8) is 0 Å². The number of carbonyl (C=O) groups is 1. The van der Waals surface area contributed by atoms with E-state index in [1.165, 1.54) is 0 Å². The summed E-state index contributed by atoms with van der Waals surface area (Å²) in [4.78, 5) is 11.6. The van der Waals surface area contributed by atoms with Crippen molar-refractivity contribution >= 4 is 5.97 Å². The van der Waals surface area contributed by atoms with Gasteiger partial charge >= 0.3 is 5.97 Å². The first kappa shape index (κ1) is 12.7. The van der Waals surface area contributed by atoms with E-state index < -0.39 is 0 Å². The summed E-state index contributed by atoms with van der Waals surface area (Å²) in [7, 11) is 0. The lowest BCUT2D eigenvalue weighted by molar-refractivity contribution is 0.0342. The highest BCUT2D eigenvalue weighted by molar-refractivity contribution is 5.89. The Labute approximate surface area is 95.8 Å². The average molecular weight is 222 g/mol. The van der Waals surface area contributed by atoms with Crippen LogP contribution in [0.25, 0.3) is 0 Å². The number of hydrogen-bond acceptors (Lipinski definition) is 4. The zero-order valence-electron chi connectivity index (χ0n) is 9.69. The molecule has 0 saturated heterocycles. The molecule has 16 heavy (non-hydrogen) atoms. The van der Waals surface area contributed by atoms with Crippen molar-refractivity contribution < 1.29 is 9.53 Å². The van der Waals surface area contributed by atoms with E-state index in [2.05, 4.69) is 5.43 Å². The molecular weight excluding hydrogens is 204 g/mol. The Kier molecular flexibility index (Phi) is 4.46. The summed E-state index contributed by atoms with van der Waals surface area (Å²) in [6, 6.07) is 8.94. The topological polar surface area (TPSA) is 64.3 Å². The second kappa shape index (κ2) is 5.63. The maximum Gasteiger partial charge on any atom is 0.338 e. The highest BCUT2D eigenvalue weighted by Crippen LogP contribution is 2.14. The lowest BCUT2D eigenvalue weighted by atomic mass is 9.95. The van der Waals surface area contributed by atoms with Crippen LogP contribution in [0.1, 0.15) is 24.2 Å². The van der Waals surface area contributed by atoms with Gasteiger partial charge in [0.25, 0.3) is 0 Å². The molecule has 3 N–H and O–H groups in total. The Morgan fingerprint density at radius 1 is 1.38 bits per heavy atom. The number of hydrogen-bond donors (Lipinski definition) is 2. The lowest BCUT2D eigenvalue weighted by Gasteiger charge is -2.23. The van der Waals surface area contributed by atoms with Gasteiger partial charge in [0.2, 0.25) is 0 Å². The van der Waals surface area contributed by atoms with Crippen LogP contribution >= 0.6 is 0 Å². The minimum Gasteiger partial charge on any atom is -0.461 e. The van der Waals surface area contributed by atoms with Crippen LogP contribution in [0.4, 0.5) is 0 Å². The number of ether oxygens (including phenoxy) is 1. The minimum absolute atomic E-state index is 0.167. The molecule has 88 valence electrons. The maximum atomic E-state index is 11.6. The first-order valence-electron chi connectivity index (χ1n) is 5.21. The molecule has 0 unspecified atom stereocenters. The van der Waals surface area contributed by atoms with Gasteiger partial charge in [-0.3, -0.25) is 11.3 Å². The zero-order valence-corrected chi connectivity index (χ0v) is 9.69. The lowest BCUT2D eigenvalue weighted by Crippen LogP contribution is -2.37. The van der Waals surface area contributed by atoms with Gasteiger partial charge < -0.3 is 4.74 Å². The first-order valence-corrected chi connectivity index (χ1v) is 5.21. The number of benzene rings is 1. The summed E-state index contributed by atoms with van der Waals surface area (Å²) in [5.74, 6) is 4.94. The van der Waals surface area contributed by atoms with E-state index in [0.717, 1.165) is 0 Å². The van der Waals surface area contributed by atoms with Gasteiger partial charge in [0.05, 0.1) is 12.2 Å². The van der Waals surface area contributed by atoms with Crippen molar-refractivity contribution in [1.29, 1.82) is 0 Å². The fourth-order valence-electron chi connectivity index (χ4n) is 1.25. The molecule has 0 aliphatic heterocycles. The predicted octanol–water partition coefficient (Wildman–Crippen LogP) is 1.33. The van der Waals surface area contributed by atoms with Gasteiger partial charge in [-0.2, -0.15) is 0 Å². The quantitative estimate of drug-likeness (QED) is 0.448. The van der Waals surface area contributed by atoms with Gasteiger partial charge in [-0.1, -0.05) is 32.0 Å². The second-order valence-corrected chi connectivity index (χ2v) is 4.49. The van der Waals surface area contributed by atoms with E-state index in [0.29, 0.717) is 18.7 Å². The maximum absolute atomic E-state index is 11.6. The monoisotopic (exact) mass is 222 g/mol. The third kappa shape index (κ3) is 4.00. The third-order valence-corrected chi connectivity index (χ3v) is 2.18. The van der Waals surface area contributed by atoms with Crippen LogP contribution < -0.4 is 11.3 Å². The van der Waals surface area contributed by atoms with Crippen LogP contribution in [0, 0.1) is 5.41 Å². The Hall–Kier alpha value is -1.39. The van der Waals surface area contributed by atoms with Crippen LogP contribution in [0.3, 0.4) is 0 Å². The van der Waals surface area contributed by atoms with E-state index in [-0.39, 0.29) is 11.4 Å². The number of nitrogens with two attached hydrogens (primary N) is 1. The van der Waals surface area contributed by atoms with E-state index in [4.69, 9.17) is 10.6 Å². The highest BCUT2D eigenvalue weighted by Gasteiger charge is 2.19. The number of hydrazine groups is 1. The fourth-order valence-corrected chi connectivity index (χ4v) is 1.25. The molecule has 0 amide bonds. The summed E-state index contributed by atoms with van der Waals surface area (Å²) in [6.45, 7) is 4.89. The van der Waals surface area contributed by atoms with Crippen molar-refractivity contribution in [3.05, 3.63) is 35.9 Å². The van der Waals surface area contributed by atoms with Crippen molar-refractivity contribution in [2.24, 2.45) is 11.3 Å². The molecule has 0 fully saturated rings. The van der Waals surface area contributed by atoms with Gasteiger partial charge in [-0.05, 0) is 12.1 Å². The van der Waals surface area contributed by atoms with Gasteiger partial charge in [0, 0.05) is 12.0 Å². The molecule has 0 bridgehead atoms. The minimum atomic E-state index is -0.300. The van der Waals surface area contributed by atoms with Gasteiger partial charge in [-0.15, -0.1) is 0 Å². The van der Waals surface area contributed by atoms with E-state index in [1.54, 1.807) is 12.1 Å². The summed E-state index contributed by atoms with van der Waals surface area (Å²) >= 11 is 0. The molecule has 0 heterocycles. The number of nitrogens with one attached hydrogen (secondary N) is 1. The molecule has 1 aromatic rings. The van der Waals surface area contributed by atoms with Crippen molar-refractivity contribution in [2.75, 3.05) is 13.2 Å². The van der Waals surface area contributed by atoms with Gasteiger partial charge in [0.15, 0.2) is 0 Å². The molecule has 1 aromatic carbocycles. The van der Waals surface area contributed by atoms with Crippen molar-refractivity contribution in [3.8, 4) is 0 Å². The normalized spacial score (nSPS) is 11.2. The molecule has 0 aliphatic carbocycles. The first-order chi connectivity index (χ1) is 7.55. The fraction of sp³-hybridized carbons (Fsp3) is 0.417. The van der Waals surface area contributed by atoms with Crippen LogP contribution in [-0.4, -0.2) is 19.1 Å². The Bertz CT molecular complexity index is 336. The molecule has 0 saturated carbocycles. The van der Waals surface area contributed by atoms with Gasteiger partial charge in [-0.25, -0.2) is 4.79 Å². The van der Waals surface area contributed by atoms with Crippen LogP contribution in [-0.2, 0) is 4.74 Å². The molecule has 0 spiro atoms. The Balaban J connectivity index is 2.48. The van der Waals surface area contributed by atoms with Crippen LogP contribution in [0.5, 0.6) is 0 Å². The predicted molar refractivity (Wildman–Crippen MR) is 62.7 cm³/mol. The molecule has 0 radical (unpaired) electrons. The van der Waals surface area contributed by atoms with Crippen molar-refractivity contribution in [1.82, 2.24) is 5.43 Å². The molecule has 4 nitrogen and oxygen atoms in total. The molecule has 0 atom stereocenters. The largest absolute Gasteiger partial charge is 0.461 e. The van der Waals surface area contributed by atoms with Gasteiger partial charge in [0.1, 0.15) is 0 Å². The molecular formula is C12H18N2O2.